The lowest BCUT2D eigenvalue weighted by Crippen LogP contribution is -2.37. The van der Waals surface area contributed by atoms with E-state index in [2.05, 4.69) is 20.9 Å². The Kier molecular flexibility index (Phi) is 7.57. The van der Waals surface area contributed by atoms with Gasteiger partial charge in [0.15, 0.2) is 15.8 Å². The van der Waals surface area contributed by atoms with Crippen LogP contribution >= 0.6 is 0 Å². The highest BCUT2D eigenvalue weighted by Gasteiger charge is 2.07. The molecule has 0 spiro atoms. The molecule has 0 saturated carbocycles. The Labute approximate surface area is 166 Å². The van der Waals surface area contributed by atoms with Crippen LogP contribution in [0.15, 0.2) is 58.4 Å². The second-order valence-electron chi connectivity index (χ2n) is 6.30. The normalized spacial score (nSPS) is 11.8. The molecule has 2 aromatic carbocycles. The van der Waals surface area contributed by atoms with E-state index in [1.54, 1.807) is 32.3 Å². The highest BCUT2D eigenvalue weighted by atomic mass is 32.2. The van der Waals surface area contributed by atoms with Crippen LogP contribution in [0.3, 0.4) is 0 Å². The summed E-state index contributed by atoms with van der Waals surface area (Å²) in [5.74, 6) is 0.532. The summed E-state index contributed by atoms with van der Waals surface area (Å²) < 4.78 is 23.0. The van der Waals surface area contributed by atoms with Crippen LogP contribution < -0.4 is 16.0 Å². The maximum Gasteiger partial charge on any atom is 0.251 e. The molecule has 0 aliphatic carbocycles. The molecule has 2 aromatic rings. The van der Waals surface area contributed by atoms with E-state index in [-0.39, 0.29) is 5.91 Å². The van der Waals surface area contributed by atoms with E-state index in [4.69, 9.17) is 0 Å². The van der Waals surface area contributed by atoms with Gasteiger partial charge in [0.25, 0.3) is 5.91 Å². The minimum atomic E-state index is -3.17. The van der Waals surface area contributed by atoms with Crippen molar-refractivity contribution in [2.24, 2.45) is 4.99 Å². The molecule has 8 heteroatoms. The molecule has 3 N–H and O–H groups in total. The number of amides is 1. The summed E-state index contributed by atoms with van der Waals surface area (Å²) in [5.41, 5.74) is 2.62. The van der Waals surface area contributed by atoms with Crippen molar-refractivity contribution in [1.82, 2.24) is 16.0 Å². The number of sulfone groups is 1. The molecule has 0 heterocycles. The number of nitrogens with one attached hydrogen (secondary N) is 3. The molecule has 0 fully saturated rings. The van der Waals surface area contributed by atoms with Crippen LogP contribution in [0, 0.1) is 0 Å². The van der Waals surface area contributed by atoms with E-state index in [0.29, 0.717) is 29.5 Å². The molecule has 0 atom stereocenters. The molecule has 28 heavy (non-hydrogen) atoms. The van der Waals surface area contributed by atoms with Gasteiger partial charge in [0, 0.05) is 39.0 Å². The summed E-state index contributed by atoms with van der Waals surface area (Å²) in [6.45, 7) is 1.18. The van der Waals surface area contributed by atoms with Crippen LogP contribution in [0.1, 0.15) is 21.5 Å². The maximum absolute atomic E-state index is 11.7. The predicted molar refractivity (Wildman–Crippen MR) is 111 cm³/mol. The molecular formula is C20H26N4O3S. The number of carbonyl (C=O) groups is 1. The van der Waals surface area contributed by atoms with E-state index >= 15 is 0 Å². The average Bonchev–Trinajstić information content (AvgIpc) is 2.69. The first kappa shape index (κ1) is 21.4. The minimum absolute atomic E-state index is 0.119. The van der Waals surface area contributed by atoms with Gasteiger partial charge < -0.3 is 16.0 Å². The molecule has 1 amide bonds. The molecule has 0 aliphatic rings. The number of hydrogen-bond donors (Lipinski definition) is 3. The number of hydrogen-bond acceptors (Lipinski definition) is 4. The highest BCUT2D eigenvalue weighted by Crippen LogP contribution is 2.10. The molecule has 0 bridgehead atoms. The minimum Gasteiger partial charge on any atom is -0.356 e. The monoisotopic (exact) mass is 402 g/mol. The summed E-state index contributed by atoms with van der Waals surface area (Å²) in [4.78, 5) is 16.2. The van der Waals surface area contributed by atoms with E-state index in [9.17, 15) is 13.2 Å². The summed E-state index contributed by atoms with van der Waals surface area (Å²) in [5, 5.41) is 9.05. The number of nitrogens with zero attached hydrogens (tertiary/aromatic N) is 1. The van der Waals surface area contributed by atoms with E-state index < -0.39 is 9.84 Å². The van der Waals surface area contributed by atoms with Crippen molar-refractivity contribution < 1.29 is 13.2 Å². The molecule has 0 saturated heterocycles. The van der Waals surface area contributed by atoms with Crippen LogP contribution in [0.4, 0.5) is 0 Å². The van der Waals surface area contributed by atoms with Gasteiger partial charge in [0.2, 0.25) is 0 Å². The first-order valence-electron chi connectivity index (χ1n) is 8.88. The van der Waals surface area contributed by atoms with Gasteiger partial charge in [-0.1, -0.05) is 24.3 Å². The van der Waals surface area contributed by atoms with Crippen molar-refractivity contribution in [2.75, 3.05) is 26.9 Å². The smallest absolute Gasteiger partial charge is 0.251 e. The van der Waals surface area contributed by atoms with Gasteiger partial charge in [0.1, 0.15) is 0 Å². The summed E-state index contributed by atoms with van der Waals surface area (Å²) in [7, 11) is 0.125. The van der Waals surface area contributed by atoms with Crippen LogP contribution in [0.2, 0.25) is 0 Å². The Balaban J connectivity index is 1.84. The molecule has 0 aliphatic heterocycles. The van der Waals surface area contributed by atoms with Gasteiger partial charge in [-0.05, 0) is 41.8 Å². The Bertz CT molecular complexity index is 938. The Hall–Kier alpha value is -2.87. The Morgan fingerprint density at radius 3 is 2.36 bits per heavy atom. The van der Waals surface area contributed by atoms with Crippen molar-refractivity contribution in [3.05, 3.63) is 65.2 Å². The number of guanidine groups is 1. The zero-order chi connectivity index (χ0) is 20.6. The molecule has 2 rings (SSSR count). The third-order valence-electron chi connectivity index (χ3n) is 4.16. The molecule has 0 radical (unpaired) electrons. The second-order valence-corrected chi connectivity index (χ2v) is 8.31. The van der Waals surface area contributed by atoms with Gasteiger partial charge in [-0.3, -0.25) is 9.79 Å². The van der Waals surface area contributed by atoms with Crippen molar-refractivity contribution in [2.45, 2.75) is 17.9 Å². The van der Waals surface area contributed by atoms with Crippen LogP contribution in [-0.2, 0) is 22.8 Å². The number of aliphatic imine (C=N–C) groups is 1. The van der Waals surface area contributed by atoms with E-state index in [1.807, 2.05) is 30.3 Å². The number of rotatable bonds is 7. The first-order chi connectivity index (χ1) is 13.3. The predicted octanol–water partition coefficient (Wildman–Crippen LogP) is 1.36. The summed E-state index contributed by atoms with van der Waals surface area (Å²) in [6.07, 6.45) is 1.93. The van der Waals surface area contributed by atoms with Gasteiger partial charge in [-0.25, -0.2) is 8.42 Å². The summed E-state index contributed by atoms with van der Waals surface area (Å²) >= 11 is 0. The van der Waals surface area contributed by atoms with Gasteiger partial charge >= 0.3 is 0 Å². The van der Waals surface area contributed by atoms with Crippen molar-refractivity contribution in [3.63, 3.8) is 0 Å². The van der Waals surface area contributed by atoms with Crippen molar-refractivity contribution >= 4 is 21.7 Å². The third kappa shape index (κ3) is 6.38. The largest absolute Gasteiger partial charge is 0.356 e. The molecule has 0 unspecified atom stereocenters. The highest BCUT2D eigenvalue weighted by molar-refractivity contribution is 7.90. The van der Waals surface area contributed by atoms with Crippen LogP contribution in [0.25, 0.3) is 0 Å². The average molecular weight is 403 g/mol. The third-order valence-corrected chi connectivity index (χ3v) is 5.29. The fraction of sp³-hybridized carbons (Fsp3) is 0.300. The van der Waals surface area contributed by atoms with Gasteiger partial charge in [-0.15, -0.1) is 0 Å². The topological polar surface area (TPSA) is 99.7 Å². The van der Waals surface area contributed by atoms with Crippen molar-refractivity contribution in [3.8, 4) is 0 Å². The number of carbonyl (C=O) groups excluding carboxylic acids is 1. The quantitative estimate of drug-likeness (QED) is 0.480. The maximum atomic E-state index is 11.7. The number of benzene rings is 2. The summed E-state index contributed by atoms with van der Waals surface area (Å²) in [6, 6.07) is 14.3. The van der Waals surface area contributed by atoms with Gasteiger partial charge in [0.05, 0.1) is 4.90 Å². The molecule has 150 valence electrons. The van der Waals surface area contributed by atoms with Gasteiger partial charge in [-0.2, -0.15) is 0 Å². The molecular weight excluding hydrogens is 376 g/mol. The Morgan fingerprint density at radius 2 is 1.75 bits per heavy atom. The molecule has 7 nitrogen and oxygen atoms in total. The lowest BCUT2D eigenvalue weighted by molar-refractivity contribution is 0.0963. The van der Waals surface area contributed by atoms with Crippen molar-refractivity contribution in [1.29, 1.82) is 0 Å². The first-order valence-corrected chi connectivity index (χ1v) is 10.8. The standard InChI is InChI=1S/C20H26N4O3S/c1-21-19(25)17-6-4-5-16(13-17)14-24-20(22-2)23-12-11-15-7-9-18(10-8-15)28(3,26)27/h4-10,13H,11-12,14H2,1-3H3,(H,21,25)(H2,22,23,24). The van der Waals surface area contributed by atoms with E-state index in [0.717, 1.165) is 17.5 Å². The fourth-order valence-corrected chi connectivity index (χ4v) is 3.23. The second kappa shape index (κ2) is 9.89. The Morgan fingerprint density at radius 1 is 1.04 bits per heavy atom. The molecule has 0 aromatic heterocycles. The SMILES string of the molecule is CN=C(NCCc1ccc(S(C)(=O)=O)cc1)NCc1cccc(C(=O)NC)c1. The van der Waals surface area contributed by atoms with Crippen LogP contribution in [-0.4, -0.2) is 47.2 Å². The zero-order valence-electron chi connectivity index (χ0n) is 16.3. The zero-order valence-corrected chi connectivity index (χ0v) is 17.1. The van der Waals surface area contributed by atoms with E-state index in [1.165, 1.54) is 6.26 Å². The van der Waals surface area contributed by atoms with Crippen LogP contribution in [0.5, 0.6) is 0 Å². The lowest BCUT2D eigenvalue weighted by Gasteiger charge is -2.12. The lowest BCUT2D eigenvalue weighted by atomic mass is 10.1. The fourth-order valence-electron chi connectivity index (χ4n) is 2.60.